The van der Waals surface area contributed by atoms with E-state index in [0.717, 1.165) is 21.3 Å². The number of para-hydroxylation sites is 2. The second-order valence-corrected chi connectivity index (χ2v) is 5.37. The van der Waals surface area contributed by atoms with Crippen molar-refractivity contribution in [2.75, 3.05) is 5.73 Å². The largest absolute Gasteiger partial charge is 0.383 e. The van der Waals surface area contributed by atoms with Crippen LogP contribution in [0.3, 0.4) is 0 Å². The third-order valence-electron chi connectivity index (χ3n) is 3.35. The molecule has 1 atom stereocenters. The van der Waals surface area contributed by atoms with E-state index in [-0.39, 0.29) is 6.04 Å². The Morgan fingerprint density at radius 3 is 2.68 bits per heavy atom. The van der Waals surface area contributed by atoms with E-state index < -0.39 is 0 Å². The monoisotopic (exact) mass is 319 g/mol. The van der Waals surface area contributed by atoms with E-state index in [2.05, 4.69) is 36.6 Å². The van der Waals surface area contributed by atoms with Crippen molar-refractivity contribution in [1.82, 2.24) is 19.3 Å². The molecule has 0 aliphatic heterocycles. The highest BCUT2D eigenvalue weighted by Gasteiger charge is 2.19. The number of benzene rings is 1. The summed E-state index contributed by atoms with van der Waals surface area (Å²) in [5.74, 6) is 1.54. The number of halogens is 1. The summed E-state index contributed by atoms with van der Waals surface area (Å²) in [4.78, 5) is 4.67. The molecule has 3 aromatic rings. The molecule has 0 bridgehead atoms. The highest BCUT2D eigenvalue weighted by atomic mass is 79.9. The van der Waals surface area contributed by atoms with E-state index in [1.165, 1.54) is 0 Å². The second kappa shape index (κ2) is 4.38. The Bertz CT molecular complexity index is 743. The molecule has 0 aliphatic rings. The van der Waals surface area contributed by atoms with E-state index in [9.17, 15) is 0 Å². The van der Waals surface area contributed by atoms with Crippen LogP contribution in [0.2, 0.25) is 0 Å². The van der Waals surface area contributed by atoms with Gasteiger partial charge < -0.3 is 10.3 Å². The van der Waals surface area contributed by atoms with Gasteiger partial charge in [-0.1, -0.05) is 12.1 Å². The molecule has 5 nitrogen and oxygen atoms in total. The molecular formula is C13H14BrN5. The van der Waals surface area contributed by atoms with Crippen LogP contribution in [-0.2, 0) is 7.05 Å². The fourth-order valence-corrected chi connectivity index (χ4v) is 2.58. The molecule has 2 heterocycles. The number of aryl methyl sites for hydroxylation is 1. The van der Waals surface area contributed by atoms with Crippen LogP contribution in [0.4, 0.5) is 5.82 Å². The lowest BCUT2D eigenvalue weighted by atomic mass is 10.3. The van der Waals surface area contributed by atoms with Crippen LogP contribution >= 0.6 is 15.9 Å². The molecule has 0 saturated heterocycles. The molecule has 0 spiro atoms. The van der Waals surface area contributed by atoms with Crippen molar-refractivity contribution in [2.24, 2.45) is 7.05 Å². The third kappa shape index (κ3) is 1.83. The fourth-order valence-electron chi connectivity index (χ4n) is 2.31. The molecule has 0 amide bonds. The zero-order valence-electron chi connectivity index (χ0n) is 10.7. The number of hydrogen-bond acceptors (Lipinski definition) is 3. The van der Waals surface area contributed by atoms with Crippen LogP contribution in [0.15, 0.2) is 34.9 Å². The van der Waals surface area contributed by atoms with Gasteiger partial charge in [0.15, 0.2) is 0 Å². The Kier molecular flexibility index (Phi) is 2.82. The number of nitrogens with zero attached hydrogens (tertiary/aromatic N) is 4. The van der Waals surface area contributed by atoms with Gasteiger partial charge in [-0.05, 0) is 35.0 Å². The van der Waals surface area contributed by atoms with Crippen molar-refractivity contribution in [3.63, 3.8) is 0 Å². The molecule has 3 rings (SSSR count). The maximum Gasteiger partial charge on any atom is 0.136 e. The number of anilines is 1. The van der Waals surface area contributed by atoms with Crippen LogP contribution < -0.4 is 5.73 Å². The Morgan fingerprint density at radius 1 is 1.32 bits per heavy atom. The molecule has 0 fully saturated rings. The standard InChI is InChI=1S/C13H14BrN5/c1-8(19-12(15)9(14)7-16-19)13-17-10-5-3-4-6-11(10)18(13)2/h3-8H,15H2,1-2H3. The molecule has 2 N–H and O–H groups in total. The van der Waals surface area contributed by atoms with Gasteiger partial charge in [-0.2, -0.15) is 5.10 Å². The quantitative estimate of drug-likeness (QED) is 0.790. The summed E-state index contributed by atoms with van der Waals surface area (Å²) < 4.78 is 4.65. The number of rotatable bonds is 2. The predicted molar refractivity (Wildman–Crippen MR) is 78.9 cm³/mol. The first-order chi connectivity index (χ1) is 9.09. The minimum absolute atomic E-state index is 0.0244. The minimum Gasteiger partial charge on any atom is -0.383 e. The van der Waals surface area contributed by atoms with Gasteiger partial charge in [-0.15, -0.1) is 0 Å². The summed E-state index contributed by atoms with van der Waals surface area (Å²) in [7, 11) is 2.01. The van der Waals surface area contributed by atoms with E-state index >= 15 is 0 Å². The molecule has 6 heteroatoms. The molecule has 2 aromatic heterocycles. The van der Waals surface area contributed by atoms with Gasteiger partial charge in [0, 0.05) is 7.05 Å². The Morgan fingerprint density at radius 2 is 2.05 bits per heavy atom. The van der Waals surface area contributed by atoms with Crippen molar-refractivity contribution >= 4 is 32.8 Å². The van der Waals surface area contributed by atoms with Crippen LogP contribution in [0.25, 0.3) is 11.0 Å². The van der Waals surface area contributed by atoms with E-state index in [1.807, 2.05) is 32.2 Å². The van der Waals surface area contributed by atoms with Crippen molar-refractivity contribution in [3.8, 4) is 0 Å². The first kappa shape index (κ1) is 12.2. The Hall–Kier alpha value is -1.82. The van der Waals surface area contributed by atoms with Gasteiger partial charge in [-0.25, -0.2) is 9.67 Å². The summed E-state index contributed by atoms with van der Waals surface area (Å²) in [6.07, 6.45) is 1.70. The maximum absolute atomic E-state index is 6.00. The SMILES string of the molecule is CC(c1nc2ccccc2n1C)n1ncc(Br)c1N. The summed E-state index contributed by atoms with van der Waals surface area (Å²) in [6, 6.07) is 8.04. The van der Waals surface area contributed by atoms with E-state index in [4.69, 9.17) is 5.73 Å². The number of nitrogen functional groups attached to an aromatic ring is 1. The number of hydrogen-bond donors (Lipinski definition) is 1. The topological polar surface area (TPSA) is 61.7 Å². The fraction of sp³-hybridized carbons (Fsp3) is 0.231. The molecule has 1 aromatic carbocycles. The zero-order valence-corrected chi connectivity index (χ0v) is 12.3. The Labute approximate surface area is 119 Å². The van der Waals surface area contributed by atoms with Gasteiger partial charge in [0.05, 0.1) is 21.7 Å². The molecule has 0 saturated carbocycles. The minimum atomic E-state index is -0.0244. The predicted octanol–water partition coefficient (Wildman–Crippen LogP) is 2.72. The van der Waals surface area contributed by atoms with Crippen molar-refractivity contribution in [2.45, 2.75) is 13.0 Å². The van der Waals surface area contributed by atoms with Crippen LogP contribution in [0, 0.1) is 0 Å². The van der Waals surface area contributed by atoms with Crippen molar-refractivity contribution < 1.29 is 0 Å². The summed E-state index contributed by atoms with van der Waals surface area (Å²) >= 11 is 3.37. The number of nitrogens with two attached hydrogens (primary N) is 1. The van der Waals surface area contributed by atoms with Crippen LogP contribution in [0.5, 0.6) is 0 Å². The third-order valence-corrected chi connectivity index (χ3v) is 3.96. The van der Waals surface area contributed by atoms with Crippen molar-refractivity contribution in [3.05, 3.63) is 40.8 Å². The summed E-state index contributed by atoms with van der Waals surface area (Å²) in [5, 5.41) is 4.29. The van der Waals surface area contributed by atoms with E-state index in [1.54, 1.807) is 10.9 Å². The van der Waals surface area contributed by atoms with Gasteiger partial charge in [-0.3, -0.25) is 0 Å². The van der Waals surface area contributed by atoms with E-state index in [0.29, 0.717) is 5.82 Å². The van der Waals surface area contributed by atoms with Gasteiger partial charge >= 0.3 is 0 Å². The average Bonchev–Trinajstić information content (AvgIpc) is 2.92. The highest BCUT2D eigenvalue weighted by molar-refractivity contribution is 9.10. The second-order valence-electron chi connectivity index (χ2n) is 4.52. The molecule has 98 valence electrons. The van der Waals surface area contributed by atoms with Crippen molar-refractivity contribution in [1.29, 1.82) is 0 Å². The molecule has 0 aliphatic carbocycles. The lowest BCUT2D eigenvalue weighted by molar-refractivity contribution is 0.530. The number of fused-ring (bicyclic) bond motifs is 1. The maximum atomic E-state index is 6.00. The summed E-state index contributed by atoms with van der Waals surface area (Å²) in [6.45, 7) is 2.04. The zero-order chi connectivity index (χ0) is 13.6. The lowest BCUT2D eigenvalue weighted by Crippen LogP contribution is -2.15. The van der Waals surface area contributed by atoms with Gasteiger partial charge in [0.1, 0.15) is 17.7 Å². The van der Waals surface area contributed by atoms with Gasteiger partial charge in [0.25, 0.3) is 0 Å². The molecule has 19 heavy (non-hydrogen) atoms. The highest BCUT2D eigenvalue weighted by Crippen LogP contribution is 2.26. The summed E-state index contributed by atoms with van der Waals surface area (Å²) in [5.41, 5.74) is 8.09. The smallest absolute Gasteiger partial charge is 0.136 e. The van der Waals surface area contributed by atoms with Gasteiger partial charge in [0.2, 0.25) is 0 Å². The Balaban J connectivity index is 2.14. The molecule has 1 unspecified atom stereocenters. The first-order valence-corrected chi connectivity index (χ1v) is 6.78. The lowest BCUT2D eigenvalue weighted by Gasteiger charge is -2.13. The average molecular weight is 320 g/mol. The molecular weight excluding hydrogens is 306 g/mol. The normalized spacial score (nSPS) is 13.0. The molecule has 0 radical (unpaired) electrons. The number of aromatic nitrogens is 4. The van der Waals surface area contributed by atoms with Crippen LogP contribution in [0.1, 0.15) is 18.8 Å². The first-order valence-electron chi connectivity index (χ1n) is 5.99. The van der Waals surface area contributed by atoms with Crippen LogP contribution in [-0.4, -0.2) is 19.3 Å². The number of imidazole rings is 1.